The van der Waals surface area contributed by atoms with Crippen LogP contribution in [0.5, 0.6) is 5.75 Å². The Morgan fingerprint density at radius 1 is 1.52 bits per heavy atom. The maximum atomic E-state index is 11.9. The number of carbonyl (C=O) groups is 1. The first-order valence-electron chi connectivity index (χ1n) is 8.26. The van der Waals surface area contributed by atoms with Crippen molar-refractivity contribution in [3.8, 4) is 5.75 Å². The van der Waals surface area contributed by atoms with Gasteiger partial charge < -0.3 is 19.1 Å². The fourth-order valence-electron chi connectivity index (χ4n) is 3.35. The molecule has 0 saturated carbocycles. The molecule has 0 radical (unpaired) electrons. The zero-order valence-corrected chi connectivity index (χ0v) is 13.6. The number of nitrogens with zero attached hydrogens (tertiary/aromatic N) is 2. The van der Waals surface area contributed by atoms with E-state index in [1.54, 1.807) is 12.4 Å². The third kappa shape index (κ3) is 3.64. The zero-order chi connectivity index (χ0) is 16.1. The molecule has 126 valence electrons. The third-order valence-corrected chi connectivity index (χ3v) is 4.67. The summed E-state index contributed by atoms with van der Waals surface area (Å²) < 4.78 is 16.9. The van der Waals surface area contributed by atoms with Crippen LogP contribution < -0.4 is 4.74 Å². The fraction of sp³-hybridized carbons (Fsp3) is 0.647. The molecule has 3 rings (SSSR count). The van der Waals surface area contributed by atoms with E-state index in [4.69, 9.17) is 14.2 Å². The van der Waals surface area contributed by atoms with Crippen molar-refractivity contribution >= 4 is 5.91 Å². The number of rotatable bonds is 7. The average Bonchev–Trinajstić information content (AvgIpc) is 2.96. The molecule has 2 aliphatic heterocycles. The van der Waals surface area contributed by atoms with Gasteiger partial charge in [0, 0.05) is 19.4 Å². The van der Waals surface area contributed by atoms with Gasteiger partial charge in [-0.1, -0.05) is 0 Å². The number of pyridine rings is 1. The standard InChI is InChI=1S/C17H24N2O4/c1-2-21-11-16(20)19-12-17(13-19)14(6-9-23-17)5-8-22-15-4-3-7-18-10-15/h3-4,7,10,14H,2,5-6,8-9,11-13H2,1H3. The van der Waals surface area contributed by atoms with Crippen molar-refractivity contribution in [1.82, 2.24) is 9.88 Å². The van der Waals surface area contributed by atoms with Gasteiger partial charge in [-0.2, -0.15) is 0 Å². The van der Waals surface area contributed by atoms with Crippen LogP contribution in [0.4, 0.5) is 0 Å². The largest absolute Gasteiger partial charge is 0.492 e. The van der Waals surface area contributed by atoms with Gasteiger partial charge in [0.2, 0.25) is 5.91 Å². The van der Waals surface area contributed by atoms with Crippen molar-refractivity contribution in [2.75, 3.05) is 39.5 Å². The quantitative estimate of drug-likeness (QED) is 0.762. The minimum Gasteiger partial charge on any atom is -0.492 e. The molecule has 2 saturated heterocycles. The summed E-state index contributed by atoms with van der Waals surface area (Å²) in [5, 5.41) is 0. The molecule has 1 aromatic rings. The van der Waals surface area contributed by atoms with Gasteiger partial charge in [-0.05, 0) is 37.8 Å². The lowest BCUT2D eigenvalue weighted by molar-refractivity contribution is -0.169. The topological polar surface area (TPSA) is 60.9 Å². The summed E-state index contributed by atoms with van der Waals surface area (Å²) in [6.45, 7) is 5.40. The molecule has 2 fully saturated rings. The Morgan fingerprint density at radius 2 is 2.39 bits per heavy atom. The van der Waals surface area contributed by atoms with Crippen LogP contribution >= 0.6 is 0 Å². The van der Waals surface area contributed by atoms with Gasteiger partial charge in [0.25, 0.3) is 0 Å². The minimum atomic E-state index is -0.166. The molecule has 6 heteroatoms. The van der Waals surface area contributed by atoms with Crippen LogP contribution in [0.25, 0.3) is 0 Å². The second-order valence-corrected chi connectivity index (χ2v) is 6.11. The first-order valence-corrected chi connectivity index (χ1v) is 8.26. The number of ether oxygens (including phenoxy) is 3. The highest BCUT2D eigenvalue weighted by Gasteiger charge is 2.54. The van der Waals surface area contributed by atoms with Crippen molar-refractivity contribution < 1.29 is 19.0 Å². The van der Waals surface area contributed by atoms with Crippen molar-refractivity contribution in [2.24, 2.45) is 5.92 Å². The summed E-state index contributed by atoms with van der Waals surface area (Å²) in [6.07, 6.45) is 5.42. The van der Waals surface area contributed by atoms with E-state index in [2.05, 4.69) is 4.98 Å². The van der Waals surface area contributed by atoms with Crippen molar-refractivity contribution in [3.63, 3.8) is 0 Å². The number of aromatic nitrogens is 1. The molecular formula is C17H24N2O4. The zero-order valence-electron chi connectivity index (χ0n) is 13.6. The van der Waals surface area contributed by atoms with Crippen LogP contribution in [0.2, 0.25) is 0 Å². The number of hydrogen-bond donors (Lipinski definition) is 0. The highest BCUT2D eigenvalue weighted by Crippen LogP contribution is 2.41. The second kappa shape index (κ2) is 7.27. The predicted molar refractivity (Wildman–Crippen MR) is 84.2 cm³/mol. The van der Waals surface area contributed by atoms with Crippen LogP contribution in [0.1, 0.15) is 19.8 Å². The Balaban J connectivity index is 1.45. The Hall–Kier alpha value is -1.66. The smallest absolute Gasteiger partial charge is 0.248 e. The Labute approximate surface area is 136 Å². The molecular weight excluding hydrogens is 296 g/mol. The lowest BCUT2D eigenvalue weighted by atomic mass is 9.79. The normalized spacial score (nSPS) is 22.1. The number of amides is 1. The lowest BCUT2D eigenvalue weighted by Crippen LogP contribution is -2.66. The summed E-state index contributed by atoms with van der Waals surface area (Å²) in [4.78, 5) is 17.8. The van der Waals surface area contributed by atoms with Crippen LogP contribution in [0, 0.1) is 5.92 Å². The molecule has 1 amide bonds. The maximum Gasteiger partial charge on any atom is 0.248 e. The highest BCUT2D eigenvalue weighted by atomic mass is 16.5. The van der Waals surface area contributed by atoms with Crippen molar-refractivity contribution in [1.29, 1.82) is 0 Å². The van der Waals surface area contributed by atoms with Crippen LogP contribution in [-0.2, 0) is 14.3 Å². The molecule has 0 bridgehead atoms. The number of carbonyl (C=O) groups excluding carboxylic acids is 1. The molecule has 0 N–H and O–H groups in total. The van der Waals surface area contributed by atoms with Gasteiger partial charge in [-0.15, -0.1) is 0 Å². The third-order valence-electron chi connectivity index (χ3n) is 4.67. The summed E-state index contributed by atoms with van der Waals surface area (Å²) in [5.74, 6) is 1.29. The van der Waals surface area contributed by atoms with Gasteiger partial charge in [0.05, 0.1) is 25.9 Å². The van der Waals surface area contributed by atoms with E-state index in [-0.39, 0.29) is 18.1 Å². The highest BCUT2D eigenvalue weighted by molar-refractivity contribution is 5.78. The Morgan fingerprint density at radius 3 is 3.13 bits per heavy atom. The summed E-state index contributed by atoms with van der Waals surface area (Å²) in [7, 11) is 0. The molecule has 23 heavy (non-hydrogen) atoms. The molecule has 0 aliphatic carbocycles. The summed E-state index contributed by atoms with van der Waals surface area (Å²) in [5.41, 5.74) is -0.166. The van der Waals surface area contributed by atoms with E-state index in [0.29, 0.717) is 32.2 Å². The molecule has 1 spiro atoms. The van der Waals surface area contributed by atoms with E-state index in [0.717, 1.165) is 25.2 Å². The van der Waals surface area contributed by atoms with Gasteiger partial charge in [-0.25, -0.2) is 0 Å². The maximum absolute atomic E-state index is 11.9. The van der Waals surface area contributed by atoms with Gasteiger partial charge in [0.1, 0.15) is 18.0 Å². The molecule has 6 nitrogen and oxygen atoms in total. The average molecular weight is 320 g/mol. The van der Waals surface area contributed by atoms with Gasteiger partial charge >= 0.3 is 0 Å². The first-order chi connectivity index (χ1) is 11.2. The molecule has 1 atom stereocenters. The molecule has 2 aliphatic rings. The minimum absolute atomic E-state index is 0.0540. The van der Waals surface area contributed by atoms with Crippen LogP contribution in [-0.4, -0.2) is 60.9 Å². The van der Waals surface area contributed by atoms with Gasteiger partial charge in [-0.3, -0.25) is 9.78 Å². The van der Waals surface area contributed by atoms with E-state index in [1.165, 1.54) is 0 Å². The molecule has 0 aromatic carbocycles. The van der Waals surface area contributed by atoms with E-state index >= 15 is 0 Å². The Bertz CT molecular complexity index is 517. The molecule has 3 heterocycles. The number of likely N-dealkylation sites (tertiary alicyclic amines) is 1. The van der Waals surface area contributed by atoms with Crippen LogP contribution in [0.3, 0.4) is 0 Å². The summed E-state index contributed by atoms with van der Waals surface area (Å²) >= 11 is 0. The Kier molecular flexibility index (Phi) is 5.13. The monoisotopic (exact) mass is 320 g/mol. The summed E-state index contributed by atoms with van der Waals surface area (Å²) in [6, 6.07) is 3.77. The fourth-order valence-corrected chi connectivity index (χ4v) is 3.35. The van der Waals surface area contributed by atoms with Crippen molar-refractivity contribution in [2.45, 2.75) is 25.4 Å². The predicted octanol–water partition coefficient (Wildman–Crippen LogP) is 1.50. The molecule has 1 aromatic heterocycles. The lowest BCUT2D eigenvalue weighted by Gasteiger charge is -2.50. The first kappa shape index (κ1) is 16.2. The van der Waals surface area contributed by atoms with E-state index < -0.39 is 0 Å². The van der Waals surface area contributed by atoms with Crippen LogP contribution in [0.15, 0.2) is 24.5 Å². The number of hydrogen-bond acceptors (Lipinski definition) is 5. The molecule has 1 unspecified atom stereocenters. The van der Waals surface area contributed by atoms with Crippen molar-refractivity contribution in [3.05, 3.63) is 24.5 Å². The van der Waals surface area contributed by atoms with E-state index in [1.807, 2.05) is 24.0 Å². The SMILES string of the molecule is CCOCC(=O)N1CC2(C1)OCCC2CCOc1cccnc1. The van der Waals surface area contributed by atoms with E-state index in [9.17, 15) is 4.79 Å². The van der Waals surface area contributed by atoms with Gasteiger partial charge in [0.15, 0.2) is 0 Å². The second-order valence-electron chi connectivity index (χ2n) is 6.11.